The molecule has 1 heterocycles. The number of nitrogen functional groups attached to an aromatic ring is 1. The van der Waals surface area contributed by atoms with E-state index >= 15 is 0 Å². The van der Waals surface area contributed by atoms with Gasteiger partial charge in [0.25, 0.3) is 5.91 Å². The van der Waals surface area contributed by atoms with Crippen LogP contribution in [0.5, 0.6) is 0 Å². The van der Waals surface area contributed by atoms with Gasteiger partial charge in [-0.1, -0.05) is 19.8 Å². The first-order valence-corrected chi connectivity index (χ1v) is 6.20. The van der Waals surface area contributed by atoms with Gasteiger partial charge in [-0.05, 0) is 18.3 Å². The monoisotopic (exact) mass is 249 g/mol. The van der Waals surface area contributed by atoms with E-state index in [1.54, 1.807) is 0 Å². The van der Waals surface area contributed by atoms with Crippen molar-refractivity contribution in [3.63, 3.8) is 0 Å². The summed E-state index contributed by atoms with van der Waals surface area (Å²) in [6, 6.07) is 0. The van der Waals surface area contributed by atoms with Crippen LogP contribution in [0.25, 0.3) is 0 Å². The van der Waals surface area contributed by atoms with Gasteiger partial charge in [0.2, 0.25) is 0 Å². The van der Waals surface area contributed by atoms with Crippen molar-refractivity contribution in [1.82, 2.24) is 15.3 Å². The summed E-state index contributed by atoms with van der Waals surface area (Å²) in [5.74, 6) is 5.44. The lowest BCUT2D eigenvalue weighted by atomic mass is 9.89. The van der Waals surface area contributed by atoms with E-state index in [0.29, 0.717) is 18.1 Å². The molecule has 0 spiro atoms. The van der Waals surface area contributed by atoms with Gasteiger partial charge < -0.3 is 10.7 Å². The first kappa shape index (κ1) is 12.8. The fourth-order valence-electron chi connectivity index (χ4n) is 2.31. The Bertz CT molecular complexity index is 411. The van der Waals surface area contributed by atoms with Gasteiger partial charge in [-0.3, -0.25) is 4.79 Å². The molecule has 0 saturated heterocycles. The fraction of sp³-hybridized carbons (Fsp3) is 0.583. The van der Waals surface area contributed by atoms with Crippen LogP contribution in [0.2, 0.25) is 0 Å². The molecule has 1 aliphatic rings. The highest BCUT2D eigenvalue weighted by Crippen LogP contribution is 2.36. The van der Waals surface area contributed by atoms with Crippen molar-refractivity contribution in [2.45, 2.75) is 32.6 Å². The Hall–Kier alpha value is -1.69. The predicted molar refractivity (Wildman–Crippen MR) is 68.8 cm³/mol. The Morgan fingerprint density at radius 1 is 1.39 bits per heavy atom. The van der Waals surface area contributed by atoms with E-state index in [1.165, 1.54) is 38.1 Å². The van der Waals surface area contributed by atoms with Gasteiger partial charge in [0.1, 0.15) is 5.69 Å². The molecule has 0 aromatic carbocycles. The van der Waals surface area contributed by atoms with Crippen LogP contribution < -0.4 is 16.6 Å². The topological polar surface area (TPSA) is 92.9 Å². The van der Waals surface area contributed by atoms with Gasteiger partial charge >= 0.3 is 0 Å². The third-order valence-corrected chi connectivity index (χ3v) is 3.52. The number of hydrogen-bond donors (Lipinski definition) is 3. The van der Waals surface area contributed by atoms with E-state index in [-0.39, 0.29) is 11.3 Å². The Kier molecular flexibility index (Phi) is 3.76. The zero-order valence-corrected chi connectivity index (χ0v) is 10.6. The molecule has 0 bridgehead atoms. The number of nitrogens with zero attached hydrogens (tertiary/aromatic N) is 2. The number of aromatic nitrogens is 2. The molecule has 2 rings (SSSR count). The maximum absolute atomic E-state index is 11.9. The van der Waals surface area contributed by atoms with Crippen LogP contribution >= 0.6 is 0 Å². The van der Waals surface area contributed by atoms with Crippen molar-refractivity contribution in [1.29, 1.82) is 0 Å². The highest BCUT2D eigenvalue weighted by Gasteiger charge is 2.29. The summed E-state index contributed by atoms with van der Waals surface area (Å²) in [7, 11) is 0. The first-order valence-electron chi connectivity index (χ1n) is 6.20. The summed E-state index contributed by atoms with van der Waals surface area (Å²) in [5.41, 5.74) is 2.92. The minimum Gasteiger partial charge on any atom is -0.350 e. The van der Waals surface area contributed by atoms with Gasteiger partial charge in [-0.25, -0.2) is 15.8 Å². The van der Waals surface area contributed by atoms with E-state index in [9.17, 15) is 4.79 Å². The summed E-state index contributed by atoms with van der Waals surface area (Å²) in [6.45, 7) is 2.91. The molecule has 18 heavy (non-hydrogen) atoms. The second-order valence-electron chi connectivity index (χ2n) is 5.13. The molecule has 1 aliphatic carbocycles. The van der Waals surface area contributed by atoms with Crippen molar-refractivity contribution < 1.29 is 4.79 Å². The van der Waals surface area contributed by atoms with E-state index in [0.717, 1.165) is 0 Å². The van der Waals surface area contributed by atoms with Crippen LogP contribution in [0.15, 0.2) is 12.4 Å². The first-order chi connectivity index (χ1) is 8.63. The average molecular weight is 249 g/mol. The summed E-state index contributed by atoms with van der Waals surface area (Å²) in [6.07, 6.45) is 7.71. The number of nitrogens with two attached hydrogens (primary N) is 1. The standard InChI is InChI=1S/C12H19N5O/c1-12(4-2-3-5-12)8-16-11(18)9-6-15-10(17-13)7-14-9/h6-7H,2-5,8,13H2,1H3,(H,15,17)(H,16,18). The molecule has 1 fully saturated rings. The molecule has 4 N–H and O–H groups in total. The Balaban J connectivity index is 1.90. The highest BCUT2D eigenvalue weighted by atomic mass is 16.1. The molecular formula is C12H19N5O. The number of carbonyl (C=O) groups is 1. The molecule has 6 heteroatoms. The number of carbonyl (C=O) groups excluding carboxylic acids is 1. The van der Waals surface area contributed by atoms with E-state index < -0.39 is 0 Å². The van der Waals surface area contributed by atoms with Gasteiger partial charge in [0.15, 0.2) is 5.82 Å². The zero-order chi connectivity index (χ0) is 13.0. The summed E-state index contributed by atoms with van der Waals surface area (Å²) >= 11 is 0. The van der Waals surface area contributed by atoms with Crippen LogP contribution in [0, 0.1) is 5.41 Å². The summed E-state index contributed by atoms with van der Waals surface area (Å²) in [4.78, 5) is 19.8. The molecule has 1 aromatic rings. The number of hydrogen-bond acceptors (Lipinski definition) is 5. The minimum absolute atomic E-state index is 0.181. The SMILES string of the molecule is CC1(CNC(=O)c2cnc(NN)cn2)CCCC1. The van der Waals surface area contributed by atoms with Crippen LogP contribution in [-0.2, 0) is 0 Å². The van der Waals surface area contributed by atoms with Crippen molar-refractivity contribution in [3.05, 3.63) is 18.1 Å². The summed E-state index contributed by atoms with van der Waals surface area (Å²) < 4.78 is 0. The van der Waals surface area contributed by atoms with Crippen molar-refractivity contribution in [2.24, 2.45) is 11.3 Å². The Morgan fingerprint density at radius 2 is 2.11 bits per heavy atom. The lowest BCUT2D eigenvalue weighted by Gasteiger charge is -2.23. The molecule has 0 unspecified atom stereocenters. The highest BCUT2D eigenvalue weighted by molar-refractivity contribution is 5.92. The third kappa shape index (κ3) is 2.95. The van der Waals surface area contributed by atoms with Gasteiger partial charge in [-0.15, -0.1) is 0 Å². The van der Waals surface area contributed by atoms with Crippen LogP contribution in [-0.4, -0.2) is 22.4 Å². The van der Waals surface area contributed by atoms with E-state index in [1.807, 2.05) is 0 Å². The lowest BCUT2D eigenvalue weighted by Crippen LogP contribution is -2.34. The van der Waals surface area contributed by atoms with Crippen molar-refractivity contribution in [2.75, 3.05) is 12.0 Å². The molecule has 0 radical (unpaired) electrons. The number of amides is 1. The van der Waals surface area contributed by atoms with E-state index in [2.05, 4.69) is 27.6 Å². The molecular weight excluding hydrogens is 230 g/mol. The minimum atomic E-state index is -0.181. The van der Waals surface area contributed by atoms with Gasteiger partial charge in [-0.2, -0.15) is 0 Å². The van der Waals surface area contributed by atoms with E-state index in [4.69, 9.17) is 5.84 Å². The van der Waals surface area contributed by atoms with Crippen LogP contribution in [0.1, 0.15) is 43.1 Å². The number of anilines is 1. The molecule has 1 aromatic heterocycles. The second kappa shape index (κ2) is 5.30. The molecule has 98 valence electrons. The molecule has 1 amide bonds. The van der Waals surface area contributed by atoms with Gasteiger partial charge in [0.05, 0.1) is 12.4 Å². The quantitative estimate of drug-likeness (QED) is 0.548. The average Bonchev–Trinajstić information content (AvgIpc) is 2.83. The van der Waals surface area contributed by atoms with Crippen LogP contribution in [0.4, 0.5) is 5.82 Å². The van der Waals surface area contributed by atoms with Crippen molar-refractivity contribution in [3.8, 4) is 0 Å². The molecule has 0 aliphatic heterocycles. The maximum atomic E-state index is 11.9. The van der Waals surface area contributed by atoms with Crippen molar-refractivity contribution >= 4 is 11.7 Å². The molecule has 6 nitrogen and oxygen atoms in total. The zero-order valence-electron chi connectivity index (χ0n) is 10.6. The number of rotatable bonds is 4. The largest absolute Gasteiger partial charge is 0.350 e. The lowest BCUT2D eigenvalue weighted by molar-refractivity contribution is 0.0929. The molecule has 0 atom stereocenters. The molecule has 1 saturated carbocycles. The van der Waals surface area contributed by atoms with Crippen LogP contribution in [0.3, 0.4) is 0 Å². The maximum Gasteiger partial charge on any atom is 0.271 e. The Labute approximate surface area is 106 Å². The smallest absolute Gasteiger partial charge is 0.271 e. The number of nitrogens with one attached hydrogen (secondary N) is 2. The predicted octanol–water partition coefficient (Wildman–Crippen LogP) is 1.07. The normalized spacial score (nSPS) is 17.4. The van der Waals surface area contributed by atoms with Gasteiger partial charge in [0, 0.05) is 6.54 Å². The summed E-state index contributed by atoms with van der Waals surface area (Å²) in [5, 5.41) is 2.93. The fourth-order valence-corrected chi connectivity index (χ4v) is 2.31. The Morgan fingerprint density at radius 3 is 2.67 bits per heavy atom. The second-order valence-corrected chi connectivity index (χ2v) is 5.13. The third-order valence-electron chi connectivity index (χ3n) is 3.52. The number of hydrazine groups is 1.